The predicted octanol–water partition coefficient (Wildman–Crippen LogP) is 2.64. The Labute approximate surface area is 122 Å². The van der Waals surface area contributed by atoms with Crippen LogP contribution in [0.25, 0.3) is 0 Å². The normalized spacial score (nSPS) is 25.6. The molecule has 1 fully saturated rings. The van der Waals surface area contributed by atoms with Crippen molar-refractivity contribution in [2.45, 2.75) is 51.6 Å². The molecule has 3 atom stereocenters. The molecule has 1 aromatic carbocycles. The number of benzene rings is 1. The summed E-state index contributed by atoms with van der Waals surface area (Å²) >= 11 is 0. The van der Waals surface area contributed by atoms with Crippen LogP contribution in [0.4, 0.5) is 0 Å². The van der Waals surface area contributed by atoms with Gasteiger partial charge in [-0.1, -0.05) is 37.5 Å². The molecular weight excluding hydrogens is 270 g/mol. The van der Waals surface area contributed by atoms with Crippen LogP contribution >= 0.6 is 0 Å². The number of hydrogen-bond donors (Lipinski definition) is 0. The zero-order valence-electron chi connectivity index (χ0n) is 12.6. The van der Waals surface area contributed by atoms with Gasteiger partial charge in [0.25, 0.3) is 0 Å². The van der Waals surface area contributed by atoms with Crippen LogP contribution in [0.3, 0.4) is 0 Å². The van der Waals surface area contributed by atoms with E-state index in [1.54, 1.807) is 0 Å². The van der Waals surface area contributed by atoms with E-state index < -0.39 is 10.0 Å². The Morgan fingerprint density at radius 2 is 1.70 bits per heavy atom. The third-order valence-corrected chi connectivity index (χ3v) is 5.98. The molecular formula is C16H21NO2S. The second-order valence-corrected chi connectivity index (χ2v) is 7.69. The van der Waals surface area contributed by atoms with Gasteiger partial charge >= 0.3 is 0 Å². The van der Waals surface area contributed by atoms with Crippen molar-refractivity contribution in [3.8, 4) is 12.3 Å². The van der Waals surface area contributed by atoms with Gasteiger partial charge in [-0.05, 0) is 37.8 Å². The van der Waals surface area contributed by atoms with Crippen molar-refractivity contribution in [2.24, 2.45) is 5.92 Å². The van der Waals surface area contributed by atoms with Gasteiger partial charge in [-0.2, -0.15) is 4.31 Å². The van der Waals surface area contributed by atoms with Crippen LogP contribution in [0.1, 0.15) is 30.5 Å². The minimum atomic E-state index is -3.51. The molecule has 0 bridgehead atoms. The highest BCUT2D eigenvalue weighted by molar-refractivity contribution is 7.89. The summed E-state index contributed by atoms with van der Waals surface area (Å²) in [5, 5.41) is 0. The number of terminal acetylenes is 1. The molecule has 108 valence electrons. The molecule has 0 N–H and O–H groups in total. The van der Waals surface area contributed by atoms with Crippen molar-refractivity contribution in [1.29, 1.82) is 0 Å². The first-order chi connectivity index (χ1) is 9.21. The van der Waals surface area contributed by atoms with Crippen molar-refractivity contribution in [3.63, 3.8) is 0 Å². The standard InChI is InChI=1S/C16H21NO2S/c1-7-14-15(10(2)3)17(14)20(18,19)16-12(5)8-11(4)9-13(16)6/h1,8-10,14-15H,2-6H3/t14-,15+,17?/m1/s1. The molecule has 0 aromatic heterocycles. The summed E-state index contributed by atoms with van der Waals surface area (Å²) in [6, 6.07) is 3.42. The largest absolute Gasteiger partial charge is 0.245 e. The van der Waals surface area contributed by atoms with Crippen molar-refractivity contribution in [3.05, 3.63) is 28.8 Å². The van der Waals surface area contributed by atoms with Crippen LogP contribution in [0.5, 0.6) is 0 Å². The SMILES string of the molecule is C#C[C@@H]1[C@H](C(C)C)N1S(=O)(=O)c1c(C)cc(C)cc1C. The first-order valence-electron chi connectivity index (χ1n) is 6.79. The van der Waals surface area contributed by atoms with Crippen LogP contribution in [0, 0.1) is 39.0 Å². The molecule has 1 aromatic rings. The molecule has 3 nitrogen and oxygen atoms in total. The van der Waals surface area contributed by atoms with Gasteiger partial charge in [0.15, 0.2) is 0 Å². The summed E-state index contributed by atoms with van der Waals surface area (Å²) in [7, 11) is -3.51. The van der Waals surface area contributed by atoms with E-state index in [2.05, 4.69) is 5.92 Å². The van der Waals surface area contributed by atoms with Gasteiger partial charge in [0.05, 0.1) is 10.9 Å². The van der Waals surface area contributed by atoms with Crippen LogP contribution in [0.2, 0.25) is 0 Å². The van der Waals surface area contributed by atoms with Gasteiger partial charge in [-0.15, -0.1) is 6.42 Å². The third-order valence-electron chi connectivity index (χ3n) is 3.80. The van der Waals surface area contributed by atoms with E-state index >= 15 is 0 Å². The van der Waals surface area contributed by atoms with E-state index in [-0.39, 0.29) is 18.0 Å². The molecule has 20 heavy (non-hydrogen) atoms. The monoisotopic (exact) mass is 291 g/mol. The Morgan fingerprint density at radius 1 is 1.20 bits per heavy atom. The van der Waals surface area contributed by atoms with Crippen LogP contribution < -0.4 is 0 Å². The van der Waals surface area contributed by atoms with Gasteiger partial charge in [-0.3, -0.25) is 0 Å². The first-order valence-corrected chi connectivity index (χ1v) is 8.23. The average molecular weight is 291 g/mol. The number of rotatable bonds is 3. The fourth-order valence-electron chi connectivity index (χ4n) is 3.05. The van der Waals surface area contributed by atoms with Crippen molar-refractivity contribution in [2.75, 3.05) is 0 Å². The zero-order valence-corrected chi connectivity index (χ0v) is 13.5. The minimum Gasteiger partial charge on any atom is -0.207 e. The Morgan fingerprint density at radius 3 is 2.05 bits per heavy atom. The molecule has 1 aliphatic rings. The summed E-state index contributed by atoms with van der Waals surface area (Å²) in [6.07, 6.45) is 5.47. The predicted molar refractivity (Wildman–Crippen MR) is 80.9 cm³/mol. The summed E-state index contributed by atoms with van der Waals surface area (Å²) in [5.41, 5.74) is 2.64. The maximum atomic E-state index is 12.9. The van der Waals surface area contributed by atoms with E-state index in [1.165, 1.54) is 4.31 Å². The number of aryl methyl sites for hydroxylation is 3. The smallest absolute Gasteiger partial charge is 0.207 e. The first kappa shape index (κ1) is 15.1. The van der Waals surface area contributed by atoms with Gasteiger partial charge in [0.1, 0.15) is 6.04 Å². The Hall–Kier alpha value is -1.31. The lowest BCUT2D eigenvalue weighted by Crippen LogP contribution is -2.19. The molecule has 1 aliphatic heterocycles. The Balaban J connectivity index is 2.51. The fourth-order valence-corrected chi connectivity index (χ4v) is 5.30. The van der Waals surface area contributed by atoms with Gasteiger partial charge in [-0.25, -0.2) is 8.42 Å². The summed E-state index contributed by atoms with van der Waals surface area (Å²) in [5.74, 6) is 2.81. The van der Waals surface area contributed by atoms with E-state index in [0.29, 0.717) is 4.90 Å². The molecule has 0 aliphatic carbocycles. The lowest BCUT2D eigenvalue weighted by Gasteiger charge is -2.14. The quantitative estimate of drug-likeness (QED) is 0.634. The second kappa shape index (κ2) is 4.91. The molecule has 0 spiro atoms. The molecule has 4 heteroatoms. The maximum absolute atomic E-state index is 12.9. The Kier molecular flexibility index (Phi) is 3.70. The Bertz CT molecular complexity index is 660. The lowest BCUT2D eigenvalue weighted by atomic mass is 10.1. The van der Waals surface area contributed by atoms with Gasteiger partial charge in [0.2, 0.25) is 10.0 Å². The highest BCUT2D eigenvalue weighted by atomic mass is 32.2. The van der Waals surface area contributed by atoms with Gasteiger partial charge in [0, 0.05) is 0 Å². The highest BCUT2D eigenvalue weighted by Crippen LogP contribution is 2.41. The molecule has 1 saturated heterocycles. The van der Waals surface area contributed by atoms with E-state index in [0.717, 1.165) is 16.7 Å². The molecule has 1 heterocycles. The molecule has 0 amide bonds. The number of hydrogen-bond acceptors (Lipinski definition) is 2. The van der Waals surface area contributed by atoms with Crippen LogP contribution in [-0.2, 0) is 10.0 Å². The third kappa shape index (κ3) is 2.25. The lowest BCUT2D eigenvalue weighted by molar-refractivity contribution is 0.517. The molecule has 0 radical (unpaired) electrons. The van der Waals surface area contributed by atoms with Crippen molar-refractivity contribution < 1.29 is 8.42 Å². The fraction of sp³-hybridized carbons (Fsp3) is 0.500. The van der Waals surface area contributed by atoms with Crippen LogP contribution in [-0.4, -0.2) is 24.8 Å². The van der Waals surface area contributed by atoms with E-state index in [9.17, 15) is 8.42 Å². The highest BCUT2D eigenvalue weighted by Gasteiger charge is 2.56. The number of sulfonamides is 1. The zero-order chi connectivity index (χ0) is 15.2. The maximum Gasteiger partial charge on any atom is 0.245 e. The summed E-state index contributed by atoms with van der Waals surface area (Å²) in [4.78, 5) is 0.409. The summed E-state index contributed by atoms with van der Waals surface area (Å²) in [6.45, 7) is 9.64. The second-order valence-electron chi connectivity index (χ2n) is 5.91. The van der Waals surface area contributed by atoms with E-state index in [4.69, 9.17) is 6.42 Å². The molecule has 1 unspecified atom stereocenters. The van der Waals surface area contributed by atoms with Gasteiger partial charge < -0.3 is 0 Å². The minimum absolute atomic E-state index is 0.0786. The summed E-state index contributed by atoms with van der Waals surface area (Å²) < 4.78 is 27.2. The average Bonchev–Trinajstić information content (AvgIpc) is 3.01. The molecule has 2 rings (SSSR count). The topological polar surface area (TPSA) is 37.1 Å². The number of nitrogens with zero attached hydrogens (tertiary/aromatic N) is 1. The van der Waals surface area contributed by atoms with Crippen LogP contribution in [0.15, 0.2) is 17.0 Å². The van der Waals surface area contributed by atoms with Crippen molar-refractivity contribution >= 4 is 10.0 Å². The molecule has 0 saturated carbocycles. The van der Waals surface area contributed by atoms with Crippen molar-refractivity contribution in [1.82, 2.24) is 4.31 Å². The van der Waals surface area contributed by atoms with E-state index in [1.807, 2.05) is 46.8 Å².